The fourth-order valence-electron chi connectivity index (χ4n) is 1.74. The van der Waals surface area contributed by atoms with Crippen LogP contribution in [0.15, 0.2) is 17.8 Å². The Morgan fingerprint density at radius 3 is 3.16 bits per heavy atom. The van der Waals surface area contributed by atoms with E-state index in [0.717, 1.165) is 17.2 Å². The third-order valence-corrected chi connectivity index (χ3v) is 3.77. The normalized spacial score (nSPS) is 12.7. The summed E-state index contributed by atoms with van der Waals surface area (Å²) in [6, 6.07) is 0. The molecule has 1 unspecified atom stereocenters. The molecule has 19 heavy (non-hydrogen) atoms. The molecule has 6 nitrogen and oxygen atoms in total. The van der Waals surface area contributed by atoms with Crippen molar-refractivity contribution in [3.05, 3.63) is 28.5 Å². The molecule has 2 N–H and O–H groups in total. The van der Waals surface area contributed by atoms with Gasteiger partial charge in [0.15, 0.2) is 0 Å². The van der Waals surface area contributed by atoms with Gasteiger partial charge in [-0.05, 0) is 6.42 Å². The SMILES string of the molecule is CC(CNCc1cn(CCCO)nn1)c1nccs1. The molecule has 2 aromatic rings. The average molecular weight is 281 g/mol. The summed E-state index contributed by atoms with van der Waals surface area (Å²) in [6.07, 6.45) is 4.46. The van der Waals surface area contributed by atoms with Crippen molar-refractivity contribution in [1.82, 2.24) is 25.3 Å². The summed E-state index contributed by atoms with van der Waals surface area (Å²) in [5.41, 5.74) is 0.921. The maximum atomic E-state index is 8.75. The minimum absolute atomic E-state index is 0.179. The van der Waals surface area contributed by atoms with Crippen molar-refractivity contribution in [3.63, 3.8) is 0 Å². The first-order valence-corrected chi connectivity index (χ1v) is 7.27. The number of nitrogens with zero attached hydrogens (tertiary/aromatic N) is 4. The van der Waals surface area contributed by atoms with E-state index in [0.29, 0.717) is 25.4 Å². The van der Waals surface area contributed by atoms with Crippen molar-refractivity contribution in [1.29, 1.82) is 0 Å². The molecule has 104 valence electrons. The summed E-state index contributed by atoms with van der Waals surface area (Å²) in [5.74, 6) is 0.407. The van der Waals surface area contributed by atoms with E-state index >= 15 is 0 Å². The molecular formula is C12H19N5OS. The van der Waals surface area contributed by atoms with Gasteiger partial charge < -0.3 is 10.4 Å². The molecule has 0 saturated heterocycles. The quantitative estimate of drug-likeness (QED) is 0.755. The highest BCUT2D eigenvalue weighted by Crippen LogP contribution is 2.16. The standard InChI is InChI=1S/C12H19N5OS/c1-10(12-14-3-6-19-12)7-13-8-11-9-17(16-15-11)4-2-5-18/h3,6,9-10,13,18H,2,4-5,7-8H2,1H3. The van der Waals surface area contributed by atoms with E-state index in [-0.39, 0.29) is 6.61 Å². The van der Waals surface area contributed by atoms with Crippen molar-refractivity contribution in [2.24, 2.45) is 0 Å². The molecule has 0 amide bonds. The Balaban J connectivity index is 1.72. The number of thiazole rings is 1. The Hall–Kier alpha value is -1.31. The van der Waals surface area contributed by atoms with E-state index in [9.17, 15) is 0 Å². The predicted octanol–water partition coefficient (Wildman–Crippen LogP) is 1.01. The maximum Gasteiger partial charge on any atom is 0.0965 e. The van der Waals surface area contributed by atoms with E-state index < -0.39 is 0 Å². The molecule has 0 aliphatic carbocycles. The molecule has 2 rings (SSSR count). The van der Waals surface area contributed by atoms with Gasteiger partial charge in [0, 0.05) is 49.9 Å². The number of aliphatic hydroxyl groups is 1. The van der Waals surface area contributed by atoms with Gasteiger partial charge in [0.05, 0.1) is 10.7 Å². The number of nitrogens with one attached hydrogen (secondary N) is 1. The van der Waals surface area contributed by atoms with Crippen LogP contribution >= 0.6 is 11.3 Å². The smallest absolute Gasteiger partial charge is 0.0965 e. The molecular weight excluding hydrogens is 262 g/mol. The molecule has 0 aromatic carbocycles. The summed E-state index contributed by atoms with van der Waals surface area (Å²) in [6.45, 7) is 4.62. The van der Waals surface area contributed by atoms with Gasteiger partial charge in [-0.1, -0.05) is 12.1 Å². The number of aryl methyl sites for hydroxylation is 1. The van der Waals surface area contributed by atoms with Crippen LogP contribution in [0, 0.1) is 0 Å². The van der Waals surface area contributed by atoms with Crippen LogP contribution in [0.2, 0.25) is 0 Å². The van der Waals surface area contributed by atoms with Gasteiger partial charge in [-0.25, -0.2) is 4.98 Å². The number of hydrogen-bond acceptors (Lipinski definition) is 6. The van der Waals surface area contributed by atoms with Crippen LogP contribution in [-0.2, 0) is 13.1 Å². The summed E-state index contributed by atoms with van der Waals surface area (Å²) >= 11 is 1.68. The van der Waals surface area contributed by atoms with Crippen molar-refractivity contribution < 1.29 is 5.11 Å². The summed E-state index contributed by atoms with van der Waals surface area (Å²) < 4.78 is 1.76. The number of rotatable bonds is 8. The van der Waals surface area contributed by atoms with Gasteiger partial charge in [-0.15, -0.1) is 16.4 Å². The molecule has 0 radical (unpaired) electrons. The Bertz CT molecular complexity index is 470. The molecule has 0 saturated carbocycles. The Kier molecular flexibility index (Phi) is 5.44. The molecule has 0 aliphatic heterocycles. The van der Waals surface area contributed by atoms with Gasteiger partial charge in [-0.2, -0.15) is 0 Å². The third-order valence-electron chi connectivity index (χ3n) is 2.76. The first-order valence-electron chi connectivity index (χ1n) is 6.39. The third kappa shape index (κ3) is 4.38. The fourth-order valence-corrected chi connectivity index (χ4v) is 2.44. The topological polar surface area (TPSA) is 75.9 Å². The molecule has 2 heterocycles. The highest BCUT2D eigenvalue weighted by molar-refractivity contribution is 7.09. The summed E-state index contributed by atoms with van der Waals surface area (Å²) in [4.78, 5) is 4.30. The second kappa shape index (κ2) is 7.32. The second-order valence-electron chi connectivity index (χ2n) is 4.45. The van der Waals surface area contributed by atoms with Gasteiger partial charge in [0.25, 0.3) is 0 Å². The minimum atomic E-state index is 0.179. The lowest BCUT2D eigenvalue weighted by Gasteiger charge is -2.08. The number of aromatic nitrogens is 4. The summed E-state index contributed by atoms with van der Waals surface area (Å²) in [5, 5.41) is 23.4. The second-order valence-corrected chi connectivity index (χ2v) is 5.38. The molecule has 0 fully saturated rings. The zero-order valence-corrected chi connectivity index (χ0v) is 11.8. The monoisotopic (exact) mass is 281 g/mol. The predicted molar refractivity (Wildman–Crippen MR) is 74.0 cm³/mol. The van der Waals surface area contributed by atoms with E-state index in [1.54, 1.807) is 16.0 Å². The van der Waals surface area contributed by atoms with Crippen LogP contribution in [0.25, 0.3) is 0 Å². The zero-order valence-electron chi connectivity index (χ0n) is 11.0. The fraction of sp³-hybridized carbons (Fsp3) is 0.583. The zero-order chi connectivity index (χ0) is 13.5. The lowest BCUT2D eigenvalue weighted by Crippen LogP contribution is -2.19. The van der Waals surface area contributed by atoms with Crippen LogP contribution in [0.4, 0.5) is 0 Å². The van der Waals surface area contributed by atoms with Crippen molar-refractivity contribution >= 4 is 11.3 Å². The van der Waals surface area contributed by atoms with Crippen molar-refractivity contribution in [3.8, 4) is 0 Å². The molecule has 0 bridgehead atoms. The van der Waals surface area contributed by atoms with E-state index in [2.05, 4.69) is 27.5 Å². The number of aliphatic hydroxyl groups excluding tert-OH is 1. The average Bonchev–Trinajstić information content (AvgIpc) is 3.07. The van der Waals surface area contributed by atoms with Crippen LogP contribution in [0.1, 0.15) is 30.0 Å². The highest BCUT2D eigenvalue weighted by atomic mass is 32.1. The van der Waals surface area contributed by atoms with Gasteiger partial charge >= 0.3 is 0 Å². The van der Waals surface area contributed by atoms with Crippen LogP contribution in [0.3, 0.4) is 0 Å². The molecule has 0 aliphatic rings. The van der Waals surface area contributed by atoms with E-state index in [1.807, 2.05) is 17.8 Å². The first-order chi connectivity index (χ1) is 9.29. The Labute approximate surface area is 116 Å². The van der Waals surface area contributed by atoms with Gasteiger partial charge in [-0.3, -0.25) is 4.68 Å². The number of hydrogen-bond donors (Lipinski definition) is 2. The first kappa shape index (κ1) is 14.1. The largest absolute Gasteiger partial charge is 0.396 e. The Morgan fingerprint density at radius 2 is 2.42 bits per heavy atom. The molecule has 7 heteroatoms. The van der Waals surface area contributed by atoms with Crippen LogP contribution < -0.4 is 5.32 Å². The Morgan fingerprint density at radius 1 is 1.53 bits per heavy atom. The van der Waals surface area contributed by atoms with Gasteiger partial charge in [0.2, 0.25) is 0 Å². The summed E-state index contributed by atoms with van der Waals surface area (Å²) in [7, 11) is 0. The molecule has 2 aromatic heterocycles. The lowest BCUT2D eigenvalue weighted by atomic mass is 10.2. The van der Waals surface area contributed by atoms with Crippen LogP contribution in [-0.4, -0.2) is 38.2 Å². The lowest BCUT2D eigenvalue weighted by molar-refractivity contribution is 0.276. The molecule has 0 spiro atoms. The van der Waals surface area contributed by atoms with E-state index in [4.69, 9.17) is 5.11 Å². The van der Waals surface area contributed by atoms with E-state index in [1.165, 1.54) is 0 Å². The van der Waals surface area contributed by atoms with Gasteiger partial charge in [0.1, 0.15) is 0 Å². The molecule has 1 atom stereocenters. The highest BCUT2D eigenvalue weighted by Gasteiger charge is 2.08. The van der Waals surface area contributed by atoms with Crippen molar-refractivity contribution in [2.75, 3.05) is 13.2 Å². The minimum Gasteiger partial charge on any atom is -0.396 e. The van der Waals surface area contributed by atoms with Crippen molar-refractivity contribution in [2.45, 2.75) is 32.4 Å². The maximum absolute atomic E-state index is 8.75. The van der Waals surface area contributed by atoms with Crippen LogP contribution in [0.5, 0.6) is 0 Å².